The number of carbonyl (C=O) groups excluding carboxylic acids is 2. The molecule has 0 bridgehead atoms. The summed E-state index contributed by atoms with van der Waals surface area (Å²) < 4.78 is 16.8. The molecule has 1 heterocycles. The molecule has 0 aromatic rings. The fraction of sp³-hybridized carbons (Fsp3) is 0.841. The summed E-state index contributed by atoms with van der Waals surface area (Å²) in [7, 11) is 0. The number of unbranched alkanes of at least 4 members (excludes halogenated alkanes) is 52. The third kappa shape index (κ3) is 64.4. The molecule has 0 aromatic carbocycles. The van der Waals surface area contributed by atoms with Crippen LogP contribution in [0.15, 0.2) is 72.9 Å². The van der Waals surface area contributed by atoms with Crippen LogP contribution in [0, 0.1) is 0 Å². The van der Waals surface area contributed by atoms with Crippen molar-refractivity contribution in [2.45, 2.75) is 455 Å². The molecule has 1 aliphatic heterocycles. The van der Waals surface area contributed by atoms with E-state index in [1.807, 2.05) is 6.08 Å². The van der Waals surface area contributed by atoms with Crippen LogP contribution in [0.5, 0.6) is 0 Å². The molecule has 1 saturated heterocycles. The zero-order chi connectivity index (χ0) is 71.5. The van der Waals surface area contributed by atoms with Gasteiger partial charge in [0.15, 0.2) is 6.29 Å². The highest BCUT2D eigenvalue weighted by atomic mass is 16.7. The average molecular weight is 1390 g/mol. The number of allylic oxidation sites excluding steroid dienone is 11. The van der Waals surface area contributed by atoms with Crippen LogP contribution in [-0.4, -0.2) is 100 Å². The first-order valence-corrected chi connectivity index (χ1v) is 42.7. The number of hydrogen-bond donors (Lipinski definition) is 6. The second-order valence-electron chi connectivity index (χ2n) is 29.5. The molecule has 6 N–H and O–H groups in total. The fourth-order valence-corrected chi connectivity index (χ4v) is 13.3. The number of aliphatic hydroxyl groups is 5. The Hall–Kier alpha value is -2.90. The molecule has 1 aliphatic rings. The van der Waals surface area contributed by atoms with Crippen LogP contribution in [0.2, 0.25) is 0 Å². The lowest BCUT2D eigenvalue weighted by Gasteiger charge is -2.40. The summed E-state index contributed by atoms with van der Waals surface area (Å²) in [6.45, 7) is 4.34. The zero-order valence-corrected chi connectivity index (χ0v) is 64.7. The van der Waals surface area contributed by atoms with Crippen LogP contribution >= 0.6 is 0 Å². The van der Waals surface area contributed by atoms with Crippen LogP contribution in [0.25, 0.3) is 0 Å². The number of carbonyl (C=O) groups is 2. The summed E-state index contributed by atoms with van der Waals surface area (Å²) >= 11 is 0. The Labute approximate surface area is 611 Å². The topological polar surface area (TPSA) is 175 Å². The van der Waals surface area contributed by atoms with Crippen molar-refractivity contribution in [1.29, 1.82) is 0 Å². The summed E-state index contributed by atoms with van der Waals surface area (Å²) in [5.41, 5.74) is 0. The Bertz CT molecular complexity index is 1880. The van der Waals surface area contributed by atoms with E-state index in [-0.39, 0.29) is 18.5 Å². The number of hydrogen-bond acceptors (Lipinski definition) is 10. The molecule has 1 rings (SSSR count). The predicted octanol–water partition coefficient (Wildman–Crippen LogP) is 23.8. The Kier molecular flexibility index (Phi) is 72.5. The highest BCUT2D eigenvalue weighted by molar-refractivity contribution is 5.76. The monoisotopic (exact) mass is 1390 g/mol. The molecule has 0 radical (unpaired) electrons. The Morgan fingerprint density at radius 2 is 0.687 bits per heavy atom. The van der Waals surface area contributed by atoms with Gasteiger partial charge in [-0.25, -0.2) is 0 Å². The van der Waals surface area contributed by atoms with E-state index < -0.39 is 49.5 Å². The van der Waals surface area contributed by atoms with Crippen LogP contribution in [0.3, 0.4) is 0 Å². The second kappa shape index (κ2) is 76.2. The first kappa shape index (κ1) is 94.1. The molecule has 0 aromatic heterocycles. The molecule has 7 atom stereocenters. The standard InChI is InChI=1S/C88H161NO10/c1-3-5-7-9-11-13-15-17-18-19-41-45-48-52-56-60-64-68-72-76-84(93)97-77-73-69-65-61-57-53-49-46-43-40-38-36-34-32-30-28-26-24-22-20-21-23-25-27-29-31-33-35-37-39-42-44-47-51-55-59-63-67-71-75-83(92)89-80(79-98-88-87(96)86(95)85(94)82(78-90)99-88)81(91)74-70-66-62-58-54-50-16-14-12-10-8-6-4-2/h11,13,17-18,20-21,24,26,54,58,70,74,80-82,85-88,90-91,94-96H,3-10,12,14-16,19,22-23,25,27-53,55-57,59-69,71-73,75-79H2,1-2H3,(H,89,92)/b13-11-,18-17-,21-20-,26-24-,58-54+,74-70+. The average Bonchev–Trinajstić information content (AvgIpc) is 0.866. The van der Waals surface area contributed by atoms with E-state index in [9.17, 15) is 35.1 Å². The van der Waals surface area contributed by atoms with Crippen LogP contribution < -0.4 is 5.32 Å². The van der Waals surface area contributed by atoms with Gasteiger partial charge in [0, 0.05) is 12.8 Å². The Morgan fingerprint density at radius 3 is 1.08 bits per heavy atom. The smallest absolute Gasteiger partial charge is 0.305 e. The van der Waals surface area contributed by atoms with E-state index in [2.05, 4.69) is 79.9 Å². The summed E-state index contributed by atoms with van der Waals surface area (Å²) in [6, 6.07) is -0.826. The van der Waals surface area contributed by atoms with Crippen molar-refractivity contribution in [3.63, 3.8) is 0 Å². The minimum atomic E-state index is -1.58. The predicted molar refractivity (Wildman–Crippen MR) is 421 cm³/mol. The quantitative estimate of drug-likeness (QED) is 0.0195. The van der Waals surface area contributed by atoms with Gasteiger partial charge >= 0.3 is 5.97 Å². The summed E-state index contributed by atoms with van der Waals surface area (Å²) in [5.74, 6) is -0.177. The van der Waals surface area contributed by atoms with Crippen LogP contribution in [-0.2, 0) is 23.8 Å². The molecule has 0 aliphatic carbocycles. The maximum Gasteiger partial charge on any atom is 0.305 e. The van der Waals surface area contributed by atoms with E-state index in [1.54, 1.807) is 6.08 Å². The van der Waals surface area contributed by atoms with Gasteiger partial charge in [-0.2, -0.15) is 0 Å². The normalized spacial score (nSPS) is 17.5. The first-order chi connectivity index (χ1) is 48.7. The summed E-state index contributed by atoms with van der Waals surface area (Å²) in [5, 5.41) is 54.6. The third-order valence-electron chi connectivity index (χ3n) is 20.0. The SMILES string of the molecule is CCCCC/C=C\C/C=C\CCCCCCCCCCCC(=O)OCCCCCCCCCCCCCCCCC/C=C\C/C=C\CCCCCCCCCCCCCCCCCCCC(=O)NC(COC1OC(CO)C(O)C(O)C1O)C(O)/C=C/CC/C=C/CCCCCCCCC. The van der Waals surface area contributed by atoms with Gasteiger partial charge in [-0.05, 0) is 109 Å². The minimum Gasteiger partial charge on any atom is -0.466 e. The van der Waals surface area contributed by atoms with Crippen molar-refractivity contribution in [3.8, 4) is 0 Å². The Morgan fingerprint density at radius 1 is 0.374 bits per heavy atom. The van der Waals surface area contributed by atoms with Gasteiger partial charge in [0.1, 0.15) is 24.4 Å². The summed E-state index contributed by atoms with van der Waals surface area (Å²) in [4.78, 5) is 25.2. The van der Waals surface area contributed by atoms with E-state index in [1.165, 1.54) is 315 Å². The van der Waals surface area contributed by atoms with Gasteiger partial charge in [0.25, 0.3) is 0 Å². The molecule has 1 fully saturated rings. The van der Waals surface area contributed by atoms with Crippen molar-refractivity contribution >= 4 is 11.9 Å². The van der Waals surface area contributed by atoms with Gasteiger partial charge < -0.3 is 45.1 Å². The fourth-order valence-electron chi connectivity index (χ4n) is 13.3. The van der Waals surface area contributed by atoms with Crippen molar-refractivity contribution in [2.75, 3.05) is 19.8 Å². The molecule has 7 unspecified atom stereocenters. The van der Waals surface area contributed by atoms with Gasteiger partial charge in [-0.1, -0.05) is 363 Å². The second-order valence-corrected chi connectivity index (χ2v) is 29.5. The van der Waals surface area contributed by atoms with Crippen LogP contribution in [0.1, 0.15) is 412 Å². The highest BCUT2D eigenvalue weighted by Gasteiger charge is 2.44. The zero-order valence-electron chi connectivity index (χ0n) is 64.7. The van der Waals surface area contributed by atoms with Gasteiger partial charge in [-0.15, -0.1) is 0 Å². The molecule has 0 spiro atoms. The molecule has 578 valence electrons. The van der Waals surface area contributed by atoms with Crippen molar-refractivity contribution in [2.24, 2.45) is 0 Å². The molecule has 99 heavy (non-hydrogen) atoms. The molecule has 0 saturated carbocycles. The third-order valence-corrected chi connectivity index (χ3v) is 20.0. The number of amides is 1. The van der Waals surface area contributed by atoms with Crippen molar-refractivity contribution in [1.82, 2.24) is 5.32 Å². The number of nitrogens with one attached hydrogen (secondary N) is 1. The van der Waals surface area contributed by atoms with Crippen molar-refractivity contribution < 1.29 is 49.3 Å². The molecule has 1 amide bonds. The van der Waals surface area contributed by atoms with E-state index in [0.29, 0.717) is 19.4 Å². The number of aliphatic hydroxyl groups excluding tert-OH is 5. The molecular weight excluding hydrogens is 1230 g/mol. The van der Waals surface area contributed by atoms with Gasteiger partial charge in [-0.3, -0.25) is 9.59 Å². The van der Waals surface area contributed by atoms with E-state index in [4.69, 9.17) is 14.2 Å². The number of esters is 1. The van der Waals surface area contributed by atoms with E-state index >= 15 is 0 Å². The maximum absolute atomic E-state index is 13.1. The van der Waals surface area contributed by atoms with Crippen LogP contribution in [0.4, 0.5) is 0 Å². The van der Waals surface area contributed by atoms with Gasteiger partial charge in [0.05, 0.1) is 32.0 Å². The minimum absolute atomic E-state index is 0.0109. The van der Waals surface area contributed by atoms with Crippen molar-refractivity contribution in [3.05, 3.63) is 72.9 Å². The lowest BCUT2D eigenvalue weighted by atomic mass is 9.99. The lowest BCUT2D eigenvalue weighted by Crippen LogP contribution is -2.60. The number of ether oxygens (including phenoxy) is 3. The largest absolute Gasteiger partial charge is 0.466 e. The first-order valence-electron chi connectivity index (χ1n) is 42.7. The Balaban J connectivity index is 1.88. The van der Waals surface area contributed by atoms with E-state index in [0.717, 1.165) is 70.6 Å². The molecule has 11 nitrogen and oxygen atoms in total. The summed E-state index contributed by atoms with van der Waals surface area (Å²) in [6.07, 6.45) is 95.3. The lowest BCUT2D eigenvalue weighted by molar-refractivity contribution is -0.302. The maximum atomic E-state index is 13.1. The van der Waals surface area contributed by atoms with Gasteiger partial charge in [0.2, 0.25) is 5.91 Å². The highest BCUT2D eigenvalue weighted by Crippen LogP contribution is 2.24. The number of rotatable bonds is 76. The molecular formula is C88H161NO10. The molecule has 11 heteroatoms.